The molecule has 0 saturated carbocycles. The van der Waals surface area contributed by atoms with Crippen LogP contribution in [0.5, 0.6) is 0 Å². The maximum Gasteiger partial charge on any atom is 0.417 e. The fourth-order valence-electron chi connectivity index (χ4n) is 2.26. The van der Waals surface area contributed by atoms with E-state index >= 15 is 0 Å². The van der Waals surface area contributed by atoms with Crippen molar-refractivity contribution < 1.29 is 13.2 Å². The fraction of sp³-hybridized carbons (Fsp3) is 0.0714. The third-order valence-corrected chi connectivity index (χ3v) is 4.26. The summed E-state index contributed by atoms with van der Waals surface area (Å²) in [5, 5.41) is 10.3. The van der Waals surface area contributed by atoms with E-state index in [1.165, 1.54) is 12.1 Å². The minimum absolute atomic E-state index is 0.0198. The molecule has 23 heavy (non-hydrogen) atoms. The average molecular weight is 335 g/mol. The number of rotatable bonds is 1. The van der Waals surface area contributed by atoms with Gasteiger partial charge in [-0.3, -0.25) is 0 Å². The Labute approximate surface area is 132 Å². The summed E-state index contributed by atoms with van der Waals surface area (Å²) < 4.78 is 39.5. The molecule has 0 amide bonds. The van der Waals surface area contributed by atoms with Crippen LogP contribution in [0, 0.1) is 11.3 Å². The second-order valence-corrected chi connectivity index (χ2v) is 5.51. The van der Waals surface area contributed by atoms with Crippen LogP contribution >= 0.6 is 11.3 Å². The number of halogens is 3. The van der Waals surface area contributed by atoms with Crippen molar-refractivity contribution >= 4 is 33.2 Å². The summed E-state index contributed by atoms with van der Waals surface area (Å²) in [5.74, 6) is -0.263. The van der Waals surface area contributed by atoms with Gasteiger partial charge in [0.15, 0.2) is 0 Å². The van der Waals surface area contributed by atoms with E-state index in [-0.39, 0.29) is 28.4 Å². The predicted octanol–water partition coefficient (Wildman–Crippen LogP) is 3.41. The number of hydrogen-bond acceptors (Lipinski definition) is 6. The Balaban J connectivity index is 2.36. The quantitative estimate of drug-likeness (QED) is 0.709. The molecular weight excluding hydrogens is 327 g/mol. The van der Waals surface area contributed by atoms with Gasteiger partial charge in [-0.05, 0) is 0 Å². The Morgan fingerprint density at radius 1 is 1.17 bits per heavy atom. The lowest BCUT2D eigenvalue weighted by atomic mass is 10.0. The lowest BCUT2D eigenvalue weighted by molar-refractivity contribution is -0.136. The van der Waals surface area contributed by atoms with E-state index in [4.69, 9.17) is 11.5 Å². The van der Waals surface area contributed by atoms with Crippen molar-refractivity contribution in [1.82, 2.24) is 9.97 Å². The van der Waals surface area contributed by atoms with Gasteiger partial charge in [-0.1, -0.05) is 18.2 Å². The number of fused-ring (bicyclic) bond motifs is 1. The average Bonchev–Trinajstić information content (AvgIpc) is 2.90. The topological polar surface area (TPSA) is 102 Å². The molecule has 0 bridgehead atoms. The molecule has 0 saturated heterocycles. The van der Waals surface area contributed by atoms with Crippen LogP contribution in [-0.2, 0) is 6.18 Å². The lowest BCUT2D eigenvalue weighted by Gasteiger charge is -2.09. The number of nitriles is 1. The van der Waals surface area contributed by atoms with Gasteiger partial charge in [0, 0.05) is 21.0 Å². The molecule has 0 fully saturated rings. The Hall–Kier alpha value is -2.86. The van der Waals surface area contributed by atoms with Crippen LogP contribution in [0.1, 0.15) is 11.1 Å². The minimum Gasteiger partial charge on any atom is -0.382 e. The normalized spacial score (nSPS) is 11.6. The molecule has 0 radical (unpaired) electrons. The molecule has 3 aromatic rings. The first-order valence-electron chi connectivity index (χ1n) is 6.23. The van der Waals surface area contributed by atoms with Crippen LogP contribution < -0.4 is 11.5 Å². The second-order valence-electron chi connectivity index (χ2n) is 4.63. The van der Waals surface area contributed by atoms with E-state index in [0.29, 0.717) is 10.3 Å². The first-order chi connectivity index (χ1) is 10.8. The summed E-state index contributed by atoms with van der Waals surface area (Å²) in [5.41, 5.74) is 10.9. The molecule has 0 aliphatic carbocycles. The zero-order chi connectivity index (χ0) is 16.8. The monoisotopic (exact) mass is 335 g/mol. The number of thiophene rings is 1. The van der Waals surface area contributed by atoms with E-state index < -0.39 is 11.7 Å². The molecule has 5 nitrogen and oxygen atoms in total. The smallest absolute Gasteiger partial charge is 0.382 e. The number of nitrogen functional groups attached to an aromatic ring is 2. The van der Waals surface area contributed by atoms with Crippen LogP contribution in [0.3, 0.4) is 0 Å². The van der Waals surface area contributed by atoms with E-state index in [9.17, 15) is 18.4 Å². The maximum atomic E-state index is 13.0. The van der Waals surface area contributed by atoms with Crippen molar-refractivity contribution in [3.8, 4) is 17.3 Å². The molecule has 2 aromatic heterocycles. The van der Waals surface area contributed by atoms with E-state index in [2.05, 4.69) is 9.97 Å². The molecule has 9 heteroatoms. The van der Waals surface area contributed by atoms with Crippen LogP contribution in [0.25, 0.3) is 21.3 Å². The summed E-state index contributed by atoms with van der Waals surface area (Å²) in [6, 6.07) is 6.28. The Kier molecular flexibility index (Phi) is 3.34. The minimum atomic E-state index is -4.46. The molecular formula is C14H8F3N5S. The third-order valence-electron chi connectivity index (χ3n) is 3.23. The van der Waals surface area contributed by atoms with Gasteiger partial charge >= 0.3 is 6.18 Å². The number of nitrogens with two attached hydrogens (primary N) is 2. The molecule has 0 aliphatic heterocycles. The largest absolute Gasteiger partial charge is 0.417 e. The SMILES string of the molecule is N#Cc1c(N)nc(N)nc1-c1cccc2c(C(F)(F)F)csc12. The van der Waals surface area contributed by atoms with Crippen molar-refractivity contribution in [2.75, 3.05) is 11.5 Å². The molecule has 0 unspecified atom stereocenters. The summed E-state index contributed by atoms with van der Waals surface area (Å²) in [6.07, 6.45) is -4.46. The molecule has 0 atom stereocenters. The maximum absolute atomic E-state index is 13.0. The van der Waals surface area contributed by atoms with Gasteiger partial charge in [-0.15, -0.1) is 11.3 Å². The number of nitrogens with zero attached hydrogens (tertiary/aromatic N) is 3. The third kappa shape index (κ3) is 2.43. The highest BCUT2D eigenvalue weighted by atomic mass is 32.1. The highest BCUT2D eigenvalue weighted by Gasteiger charge is 2.34. The van der Waals surface area contributed by atoms with Crippen LogP contribution in [0.15, 0.2) is 23.6 Å². The first-order valence-corrected chi connectivity index (χ1v) is 7.11. The molecule has 2 heterocycles. The van der Waals surface area contributed by atoms with Gasteiger partial charge in [0.05, 0.1) is 11.3 Å². The lowest BCUT2D eigenvalue weighted by Crippen LogP contribution is -2.05. The highest BCUT2D eigenvalue weighted by Crippen LogP contribution is 2.42. The Bertz CT molecular complexity index is 955. The van der Waals surface area contributed by atoms with Gasteiger partial charge in [0.1, 0.15) is 17.5 Å². The summed E-state index contributed by atoms with van der Waals surface area (Å²) >= 11 is 0.922. The van der Waals surface area contributed by atoms with E-state index in [0.717, 1.165) is 16.7 Å². The number of alkyl halides is 3. The van der Waals surface area contributed by atoms with Crippen molar-refractivity contribution in [2.45, 2.75) is 6.18 Å². The van der Waals surface area contributed by atoms with Crippen LogP contribution in [0.4, 0.5) is 24.9 Å². The predicted molar refractivity (Wildman–Crippen MR) is 81.4 cm³/mol. The van der Waals surface area contributed by atoms with E-state index in [1.54, 1.807) is 6.07 Å². The molecule has 3 rings (SSSR count). The highest BCUT2D eigenvalue weighted by molar-refractivity contribution is 7.18. The van der Waals surface area contributed by atoms with E-state index in [1.807, 2.05) is 6.07 Å². The van der Waals surface area contributed by atoms with Gasteiger partial charge in [0.25, 0.3) is 0 Å². The molecule has 116 valence electrons. The number of anilines is 2. The van der Waals surface area contributed by atoms with Crippen molar-refractivity contribution in [3.05, 3.63) is 34.7 Å². The molecule has 1 aromatic carbocycles. The standard InChI is InChI=1S/C14H8F3N5S/c15-14(16,17)9-5-23-11-6(9)2-1-3-7(11)10-8(4-18)12(19)22-13(20)21-10/h1-3,5H,(H4,19,20,21,22). The zero-order valence-corrected chi connectivity index (χ0v) is 12.2. The number of benzene rings is 1. The van der Waals surface area contributed by atoms with Gasteiger partial charge in [-0.25, -0.2) is 4.98 Å². The van der Waals surface area contributed by atoms with Crippen molar-refractivity contribution in [1.29, 1.82) is 5.26 Å². The summed E-state index contributed by atoms with van der Waals surface area (Å²) in [4.78, 5) is 7.69. The van der Waals surface area contributed by atoms with Gasteiger partial charge in [0.2, 0.25) is 5.95 Å². The molecule has 4 N–H and O–H groups in total. The molecule has 0 spiro atoms. The van der Waals surface area contributed by atoms with Crippen LogP contribution in [-0.4, -0.2) is 9.97 Å². The summed E-state index contributed by atoms with van der Waals surface area (Å²) in [7, 11) is 0. The Morgan fingerprint density at radius 3 is 2.57 bits per heavy atom. The number of hydrogen-bond donors (Lipinski definition) is 2. The fourth-order valence-corrected chi connectivity index (χ4v) is 3.36. The van der Waals surface area contributed by atoms with Crippen molar-refractivity contribution in [3.63, 3.8) is 0 Å². The number of aromatic nitrogens is 2. The first kappa shape index (κ1) is 15.1. The second kappa shape index (κ2) is 5.10. The van der Waals surface area contributed by atoms with Gasteiger partial charge < -0.3 is 11.5 Å². The zero-order valence-electron chi connectivity index (χ0n) is 11.3. The Morgan fingerprint density at radius 2 is 1.91 bits per heavy atom. The van der Waals surface area contributed by atoms with Gasteiger partial charge in [-0.2, -0.15) is 23.4 Å². The molecule has 0 aliphatic rings. The van der Waals surface area contributed by atoms with Crippen LogP contribution in [0.2, 0.25) is 0 Å². The van der Waals surface area contributed by atoms with Crippen molar-refractivity contribution in [2.24, 2.45) is 0 Å². The summed E-state index contributed by atoms with van der Waals surface area (Å²) in [6.45, 7) is 0.